The van der Waals surface area contributed by atoms with Crippen LogP contribution in [0.4, 0.5) is 24.7 Å². The van der Waals surface area contributed by atoms with Gasteiger partial charge in [0.25, 0.3) is 0 Å². The van der Waals surface area contributed by atoms with Gasteiger partial charge in [0.15, 0.2) is 5.82 Å². The molecule has 118 valence electrons. The van der Waals surface area contributed by atoms with E-state index in [4.69, 9.17) is 4.74 Å². The Morgan fingerprint density at radius 2 is 1.95 bits per heavy atom. The third-order valence-electron chi connectivity index (χ3n) is 2.86. The minimum atomic E-state index is -4.56. The van der Waals surface area contributed by atoms with Crippen LogP contribution < -0.4 is 9.64 Å². The number of anilines is 2. The summed E-state index contributed by atoms with van der Waals surface area (Å²) in [5.41, 5.74) is -0.372. The number of hydrogen-bond donors (Lipinski definition) is 0. The molecule has 0 bridgehead atoms. The number of ether oxygens (including phenoxy) is 1. The van der Waals surface area contributed by atoms with Gasteiger partial charge in [0, 0.05) is 17.7 Å². The summed E-state index contributed by atoms with van der Waals surface area (Å²) < 4.78 is 45.3. The van der Waals surface area contributed by atoms with Gasteiger partial charge < -0.3 is 9.64 Å². The molecule has 8 heteroatoms. The Morgan fingerprint density at radius 3 is 2.55 bits per heavy atom. The third kappa shape index (κ3) is 3.49. The predicted molar refractivity (Wildman–Crippen MR) is 80.4 cm³/mol. The lowest BCUT2D eigenvalue weighted by Gasteiger charge is -2.23. The first kappa shape index (κ1) is 16.5. The molecule has 2 aromatic rings. The SMILES string of the molecule is CCOc1ncc(C(F)(F)F)c(N(C)c2ccccc2Br)n1. The van der Waals surface area contributed by atoms with Gasteiger partial charge in [-0.2, -0.15) is 18.2 Å². The van der Waals surface area contributed by atoms with Crippen LogP contribution in [-0.2, 0) is 6.18 Å². The number of nitrogens with zero attached hydrogens (tertiary/aromatic N) is 3. The molecule has 0 N–H and O–H groups in total. The van der Waals surface area contributed by atoms with Crippen LogP contribution in [0.5, 0.6) is 6.01 Å². The normalized spacial score (nSPS) is 11.4. The van der Waals surface area contributed by atoms with Gasteiger partial charge in [-0.1, -0.05) is 12.1 Å². The van der Waals surface area contributed by atoms with Crippen LogP contribution in [-0.4, -0.2) is 23.6 Å². The Morgan fingerprint density at radius 1 is 1.27 bits per heavy atom. The van der Waals surface area contributed by atoms with Crippen molar-refractivity contribution in [1.82, 2.24) is 9.97 Å². The fourth-order valence-corrected chi connectivity index (χ4v) is 2.40. The van der Waals surface area contributed by atoms with Crippen LogP contribution in [0.25, 0.3) is 0 Å². The molecule has 0 aliphatic rings. The van der Waals surface area contributed by atoms with Crippen LogP contribution in [0.2, 0.25) is 0 Å². The van der Waals surface area contributed by atoms with E-state index in [1.807, 2.05) is 0 Å². The van der Waals surface area contributed by atoms with E-state index in [0.717, 1.165) is 6.20 Å². The molecule has 0 saturated heterocycles. The third-order valence-corrected chi connectivity index (χ3v) is 3.53. The molecule has 0 atom stereocenters. The van der Waals surface area contributed by atoms with Crippen molar-refractivity contribution in [1.29, 1.82) is 0 Å². The number of aromatic nitrogens is 2. The van der Waals surface area contributed by atoms with E-state index < -0.39 is 11.7 Å². The topological polar surface area (TPSA) is 38.2 Å². The lowest BCUT2D eigenvalue weighted by Crippen LogP contribution is -2.19. The molecule has 0 unspecified atom stereocenters. The summed E-state index contributed by atoms with van der Waals surface area (Å²) in [6.07, 6.45) is -3.82. The monoisotopic (exact) mass is 375 g/mol. The van der Waals surface area contributed by atoms with Gasteiger partial charge in [-0.05, 0) is 35.0 Å². The van der Waals surface area contributed by atoms with Crippen LogP contribution in [0.15, 0.2) is 34.9 Å². The van der Waals surface area contributed by atoms with E-state index >= 15 is 0 Å². The zero-order valence-corrected chi connectivity index (χ0v) is 13.4. The highest BCUT2D eigenvalue weighted by Gasteiger charge is 2.37. The van der Waals surface area contributed by atoms with Crippen molar-refractivity contribution in [2.45, 2.75) is 13.1 Å². The van der Waals surface area contributed by atoms with Crippen molar-refractivity contribution in [2.75, 3.05) is 18.6 Å². The first-order valence-electron chi connectivity index (χ1n) is 6.40. The number of hydrogen-bond acceptors (Lipinski definition) is 4. The largest absolute Gasteiger partial charge is 0.464 e. The minimum absolute atomic E-state index is 0.0931. The first-order chi connectivity index (χ1) is 10.3. The summed E-state index contributed by atoms with van der Waals surface area (Å²) in [5.74, 6) is -0.266. The maximum atomic E-state index is 13.2. The second-order valence-corrected chi connectivity index (χ2v) is 5.19. The van der Waals surface area contributed by atoms with Gasteiger partial charge in [0.1, 0.15) is 5.56 Å². The van der Waals surface area contributed by atoms with Crippen LogP contribution in [0.1, 0.15) is 12.5 Å². The summed E-state index contributed by atoms with van der Waals surface area (Å²) in [7, 11) is 1.51. The van der Waals surface area contributed by atoms with Gasteiger partial charge in [-0.15, -0.1) is 0 Å². The molecule has 0 saturated carbocycles. The van der Waals surface area contributed by atoms with Crippen molar-refractivity contribution in [3.8, 4) is 6.01 Å². The maximum Gasteiger partial charge on any atom is 0.421 e. The summed E-state index contributed by atoms with van der Waals surface area (Å²) in [6, 6.07) is 6.84. The summed E-state index contributed by atoms with van der Waals surface area (Å²) in [6.45, 7) is 1.97. The molecular weight excluding hydrogens is 363 g/mol. The molecule has 0 aliphatic heterocycles. The van der Waals surface area contributed by atoms with E-state index in [1.165, 1.54) is 11.9 Å². The molecule has 0 aliphatic carbocycles. The fourth-order valence-electron chi connectivity index (χ4n) is 1.85. The molecule has 22 heavy (non-hydrogen) atoms. The van der Waals surface area contributed by atoms with Gasteiger partial charge in [0.05, 0.1) is 12.3 Å². The van der Waals surface area contributed by atoms with E-state index in [-0.39, 0.29) is 18.4 Å². The minimum Gasteiger partial charge on any atom is -0.464 e. The van der Waals surface area contributed by atoms with Crippen molar-refractivity contribution in [2.24, 2.45) is 0 Å². The molecule has 0 radical (unpaired) electrons. The summed E-state index contributed by atoms with van der Waals surface area (Å²) in [4.78, 5) is 8.84. The van der Waals surface area contributed by atoms with Crippen molar-refractivity contribution in [3.05, 3.63) is 40.5 Å². The second-order valence-electron chi connectivity index (χ2n) is 4.33. The Balaban J connectivity index is 2.55. The van der Waals surface area contributed by atoms with Gasteiger partial charge in [0.2, 0.25) is 0 Å². The molecule has 1 aromatic carbocycles. The summed E-state index contributed by atoms with van der Waals surface area (Å²) in [5, 5.41) is 0. The van der Waals surface area contributed by atoms with Crippen LogP contribution >= 0.6 is 15.9 Å². The molecule has 0 amide bonds. The van der Waals surface area contributed by atoms with E-state index in [0.29, 0.717) is 10.2 Å². The second kappa shape index (κ2) is 6.51. The highest BCUT2D eigenvalue weighted by Crippen LogP contribution is 2.39. The average Bonchev–Trinajstić information content (AvgIpc) is 2.46. The zero-order valence-electron chi connectivity index (χ0n) is 11.9. The number of benzene rings is 1. The van der Waals surface area contributed by atoms with E-state index in [9.17, 15) is 13.2 Å². The van der Waals surface area contributed by atoms with Crippen molar-refractivity contribution in [3.63, 3.8) is 0 Å². The highest BCUT2D eigenvalue weighted by molar-refractivity contribution is 9.10. The molecule has 1 aromatic heterocycles. The molecule has 0 spiro atoms. The smallest absolute Gasteiger partial charge is 0.421 e. The lowest BCUT2D eigenvalue weighted by atomic mass is 10.2. The van der Waals surface area contributed by atoms with Crippen LogP contribution in [0, 0.1) is 0 Å². The van der Waals surface area contributed by atoms with Gasteiger partial charge >= 0.3 is 12.2 Å². The van der Waals surface area contributed by atoms with Gasteiger partial charge in [-0.25, -0.2) is 4.98 Å². The first-order valence-corrected chi connectivity index (χ1v) is 7.19. The molecule has 4 nitrogen and oxygen atoms in total. The van der Waals surface area contributed by atoms with E-state index in [2.05, 4.69) is 25.9 Å². The molecular formula is C14H13BrF3N3O. The predicted octanol–water partition coefficient (Wildman–Crippen LogP) is 4.42. The number of rotatable bonds is 4. The van der Waals surface area contributed by atoms with Crippen LogP contribution in [0.3, 0.4) is 0 Å². The fraction of sp³-hybridized carbons (Fsp3) is 0.286. The number of para-hydroxylation sites is 1. The Kier molecular flexibility index (Phi) is 4.90. The number of halogens is 4. The standard InChI is InChI=1S/C14H13BrF3N3O/c1-3-22-13-19-8-9(14(16,17)18)12(20-13)21(2)11-7-5-4-6-10(11)15/h4-8H,3H2,1-2H3. The Bertz CT molecular complexity index is 664. The molecule has 0 fully saturated rings. The molecule has 2 rings (SSSR count). The lowest BCUT2D eigenvalue weighted by molar-refractivity contribution is -0.137. The molecule has 1 heterocycles. The van der Waals surface area contributed by atoms with Crippen molar-refractivity contribution < 1.29 is 17.9 Å². The average molecular weight is 376 g/mol. The zero-order chi connectivity index (χ0) is 16.3. The maximum absolute atomic E-state index is 13.2. The van der Waals surface area contributed by atoms with Crippen molar-refractivity contribution >= 4 is 27.4 Å². The Labute approximate surface area is 134 Å². The summed E-state index contributed by atoms with van der Waals surface area (Å²) >= 11 is 3.32. The quantitative estimate of drug-likeness (QED) is 0.792. The Hall–Kier alpha value is -1.83. The highest BCUT2D eigenvalue weighted by atomic mass is 79.9. The van der Waals surface area contributed by atoms with Gasteiger partial charge in [-0.3, -0.25) is 0 Å². The van der Waals surface area contributed by atoms with E-state index in [1.54, 1.807) is 31.2 Å². The number of alkyl halides is 3.